The fourth-order valence-electron chi connectivity index (χ4n) is 4.99. The number of carbonyl (C=O) groups excluding carboxylic acids is 3. The average molecular weight is 747 g/mol. The molecule has 16 heteroatoms. The predicted octanol–water partition coefficient (Wildman–Crippen LogP) is 5.84. The van der Waals surface area contributed by atoms with Crippen LogP contribution >= 0.6 is 0 Å². The minimum absolute atomic E-state index is 0.00463. The standard InChI is InChI=1S/C37H39FN6O8S/c1-22(2)37(4,39)34(46)51-21-52-36(47)44(30-17-16-29(53(6,48)49)19-31(30)50-5)35-41-32-18-11-26(20-43(32)42-35)25-9-14-28(15-10-25)40-33(45)23(3)24-7-12-27(38)13-8-24/h7-20,22-23H,21,39H2,1-6H3,(H,40,45)/t23-,37+/m1/s1. The molecule has 2 amide bonds. The van der Waals surface area contributed by atoms with Gasteiger partial charge in [0, 0.05) is 29.8 Å². The number of fused-ring (bicyclic) bond motifs is 1. The van der Waals surface area contributed by atoms with Crippen LogP contribution in [0.15, 0.2) is 90.0 Å². The Morgan fingerprint density at radius 3 is 2.25 bits per heavy atom. The van der Waals surface area contributed by atoms with Crippen molar-refractivity contribution in [3.63, 3.8) is 0 Å². The van der Waals surface area contributed by atoms with Crippen LogP contribution in [0.5, 0.6) is 5.75 Å². The van der Waals surface area contributed by atoms with Crippen LogP contribution in [-0.4, -0.2) is 66.7 Å². The Morgan fingerprint density at radius 2 is 1.62 bits per heavy atom. The molecule has 278 valence electrons. The Balaban J connectivity index is 1.41. The maximum Gasteiger partial charge on any atom is 0.424 e. The van der Waals surface area contributed by atoms with Gasteiger partial charge in [-0.25, -0.2) is 31.8 Å². The third-order valence-electron chi connectivity index (χ3n) is 8.78. The summed E-state index contributed by atoms with van der Waals surface area (Å²) in [6.45, 7) is 5.95. The Bertz CT molecular complexity index is 2260. The van der Waals surface area contributed by atoms with Crippen molar-refractivity contribution in [2.45, 2.75) is 44.0 Å². The molecule has 53 heavy (non-hydrogen) atoms. The molecular formula is C37H39FN6O8S. The van der Waals surface area contributed by atoms with Gasteiger partial charge in [0.1, 0.15) is 17.1 Å². The maximum atomic E-state index is 13.6. The molecule has 0 fully saturated rings. The molecule has 0 unspecified atom stereocenters. The summed E-state index contributed by atoms with van der Waals surface area (Å²) in [5.41, 5.74) is 7.86. The van der Waals surface area contributed by atoms with E-state index in [1.54, 1.807) is 63.4 Å². The van der Waals surface area contributed by atoms with Crippen molar-refractivity contribution in [1.82, 2.24) is 14.6 Å². The summed E-state index contributed by atoms with van der Waals surface area (Å²) in [4.78, 5) is 44.4. The lowest BCUT2D eigenvalue weighted by Gasteiger charge is -2.26. The Hall–Kier alpha value is -5.87. The van der Waals surface area contributed by atoms with Crippen LogP contribution in [0.1, 0.15) is 39.2 Å². The van der Waals surface area contributed by atoms with Gasteiger partial charge < -0.3 is 25.3 Å². The Labute approximate surface area is 305 Å². The van der Waals surface area contributed by atoms with Crippen LogP contribution < -0.4 is 20.7 Å². The highest BCUT2D eigenvalue weighted by atomic mass is 32.2. The Kier molecular flexibility index (Phi) is 11.1. The highest BCUT2D eigenvalue weighted by Gasteiger charge is 2.35. The molecule has 0 spiro atoms. The molecule has 0 saturated heterocycles. The molecule has 2 heterocycles. The number of esters is 1. The highest BCUT2D eigenvalue weighted by Crippen LogP contribution is 2.35. The van der Waals surface area contributed by atoms with E-state index in [-0.39, 0.29) is 39.9 Å². The van der Waals surface area contributed by atoms with Gasteiger partial charge in [0.05, 0.1) is 23.6 Å². The number of nitrogens with two attached hydrogens (primary N) is 1. The number of anilines is 3. The lowest BCUT2D eigenvalue weighted by Crippen LogP contribution is -2.50. The monoisotopic (exact) mass is 746 g/mol. The third-order valence-corrected chi connectivity index (χ3v) is 9.89. The molecule has 2 aromatic heterocycles. The van der Waals surface area contributed by atoms with Gasteiger partial charge in [-0.1, -0.05) is 38.1 Å². The van der Waals surface area contributed by atoms with Gasteiger partial charge in [0.25, 0.3) is 5.95 Å². The van der Waals surface area contributed by atoms with E-state index >= 15 is 0 Å². The van der Waals surface area contributed by atoms with E-state index in [0.717, 1.165) is 22.3 Å². The summed E-state index contributed by atoms with van der Waals surface area (Å²) < 4.78 is 55.2. The first kappa shape index (κ1) is 38.4. The van der Waals surface area contributed by atoms with E-state index < -0.39 is 40.1 Å². The normalized spacial score (nSPS) is 13.2. The largest absolute Gasteiger partial charge is 0.495 e. The predicted molar refractivity (Wildman–Crippen MR) is 195 cm³/mol. The van der Waals surface area contributed by atoms with Crippen molar-refractivity contribution in [2.75, 3.05) is 30.4 Å². The van der Waals surface area contributed by atoms with E-state index in [0.29, 0.717) is 16.9 Å². The number of amides is 2. The number of benzene rings is 3. The molecular weight excluding hydrogens is 708 g/mol. The molecule has 0 bridgehead atoms. The molecule has 0 aliphatic heterocycles. The molecule has 14 nitrogen and oxygen atoms in total. The van der Waals surface area contributed by atoms with Crippen molar-refractivity contribution in [1.29, 1.82) is 0 Å². The first-order valence-corrected chi connectivity index (χ1v) is 18.2. The van der Waals surface area contributed by atoms with Crippen molar-refractivity contribution in [3.8, 4) is 16.9 Å². The second-order valence-electron chi connectivity index (χ2n) is 12.8. The summed E-state index contributed by atoms with van der Waals surface area (Å²) in [6, 6.07) is 20.2. The highest BCUT2D eigenvalue weighted by molar-refractivity contribution is 7.90. The quantitative estimate of drug-likeness (QED) is 0.116. The van der Waals surface area contributed by atoms with E-state index in [4.69, 9.17) is 19.9 Å². The van der Waals surface area contributed by atoms with Crippen LogP contribution in [0.3, 0.4) is 0 Å². The molecule has 5 rings (SSSR count). The summed E-state index contributed by atoms with van der Waals surface area (Å²) in [5.74, 6) is -2.36. The second-order valence-corrected chi connectivity index (χ2v) is 14.8. The molecule has 0 saturated carbocycles. The van der Waals surface area contributed by atoms with Crippen molar-refractivity contribution < 1.29 is 41.4 Å². The smallest absolute Gasteiger partial charge is 0.424 e. The van der Waals surface area contributed by atoms with Crippen molar-refractivity contribution >= 4 is 50.8 Å². The zero-order valence-corrected chi connectivity index (χ0v) is 30.7. The molecule has 3 aromatic carbocycles. The van der Waals surface area contributed by atoms with Gasteiger partial charge >= 0.3 is 12.1 Å². The summed E-state index contributed by atoms with van der Waals surface area (Å²) in [6.07, 6.45) is 1.65. The zero-order chi connectivity index (χ0) is 38.7. The first-order chi connectivity index (χ1) is 25.0. The number of methoxy groups -OCH3 is 1. The second kappa shape index (κ2) is 15.4. The van der Waals surface area contributed by atoms with Crippen LogP contribution in [0.4, 0.5) is 26.5 Å². The average Bonchev–Trinajstić information content (AvgIpc) is 3.54. The molecule has 0 aliphatic rings. The SMILES string of the molecule is COc1cc(S(C)(=O)=O)ccc1N(C(=O)OCOC(=O)[C@@](C)(N)C(C)C)c1nc2ccc(-c3ccc(NC(=O)[C@H](C)c4ccc(F)cc4)cc3)cn2n1. The number of pyridine rings is 1. The fourth-order valence-corrected chi connectivity index (χ4v) is 5.62. The van der Waals surface area contributed by atoms with Gasteiger partial charge in [0.2, 0.25) is 12.7 Å². The van der Waals surface area contributed by atoms with Crippen LogP contribution in [0, 0.1) is 11.7 Å². The first-order valence-electron chi connectivity index (χ1n) is 16.3. The number of sulfone groups is 1. The van der Waals surface area contributed by atoms with Gasteiger partial charge in [0.15, 0.2) is 15.5 Å². The topological polar surface area (TPSA) is 185 Å². The van der Waals surface area contributed by atoms with Crippen LogP contribution in [-0.2, 0) is 28.9 Å². The van der Waals surface area contributed by atoms with E-state index in [9.17, 15) is 27.2 Å². The van der Waals surface area contributed by atoms with Gasteiger partial charge in [-0.05, 0) is 79.4 Å². The number of aromatic nitrogens is 3. The lowest BCUT2D eigenvalue weighted by molar-refractivity contribution is -0.159. The van der Waals surface area contributed by atoms with E-state index in [2.05, 4.69) is 15.4 Å². The number of hydrogen-bond acceptors (Lipinski definition) is 11. The van der Waals surface area contributed by atoms with Gasteiger partial charge in [-0.2, -0.15) is 4.98 Å². The summed E-state index contributed by atoms with van der Waals surface area (Å²) in [5, 5.41) is 7.38. The number of nitrogens with zero attached hydrogens (tertiary/aromatic N) is 4. The van der Waals surface area contributed by atoms with E-state index in [1.807, 2.05) is 12.1 Å². The van der Waals surface area contributed by atoms with E-state index in [1.165, 1.54) is 48.9 Å². The number of carbonyl (C=O) groups is 3. The summed E-state index contributed by atoms with van der Waals surface area (Å²) in [7, 11) is -2.33. The molecule has 5 aromatic rings. The summed E-state index contributed by atoms with van der Waals surface area (Å²) >= 11 is 0. The third kappa shape index (κ3) is 8.61. The maximum absolute atomic E-state index is 13.6. The number of nitrogens with one attached hydrogen (secondary N) is 1. The molecule has 2 atom stereocenters. The minimum Gasteiger partial charge on any atom is -0.495 e. The Morgan fingerprint density at radius 1 is 0.962 bits per heavy atom. The molecule has 0 aliphatic carbocycles. The van der Waals surface area contributed by atoms with Crippen molar-refractivity contribution in [3.05, 3.63) is 96.4 Å². The number of halogens is 1. The zero-order valence-electron chi connectivity index (χ0n) is 29.9. The van der Waals surface area contributed by atoms with Gasteiger partial charge in [-0.15, -0.1) is 5.10 Å². The molecule has 3 N–H and O–H groups in total. The fraction of sp³-hybridized carbons (Fsp3) is 0.270. The van der Waals surface area contributed by atoms with Gasteiger partial charge in [-0.3, -0.25) is 4.79 Å². The minimum atomic E-state index is -3.64. The molecule has 0 radical (unpaired) electrons. The van der Waals surface area contributed by atoms with Crippen molar-refractivity contribution in [2.24, 2.45) is 11.7 Å². The number of hydrogen-bond donors (Lipinski definition) is 2. The lowest BCUT2D eigenvalue weighted by atomic mass is 9.90. The van der Waals surface area contributed by atoms with Crippen LogP contribution in [0.25, 0.3) is 16.8 Å². The number of ether oxygens (including phenoxy) is 3. The number of rotatable bonds is 12. The van der Waals surface area contributed by atoms with Crippen LogP contribution in [0.2, 0.25) is 0 Å².